The first-order valence-electron chi connectivity index (χ1n) is 12.3. The summed E-state index contributed by atoms with van der Waals surface area (Å²) >= 11 is 6.12. The van der Waals surface area contributed by atoms with Crippen LogP contribution in [0.4, 0.5) is 14.9 Å². The van der Waals surface area contributed by atoms with Crippen molar-refractivity contribution in [2.75, 3.05) is 5.32 Å². The van der Waals surface area contributed by atoms with Gasteiger partial charge in [-0.2, -0.15) is 4.68 Å². The summed E-state index contributed by atoms with van der Waals surface area (Å²) in [5.74, 6) is -0.147. The molecular weight excluding hydrogens is 527 g/mol. The van der Waals surface area contributed by atoms with Crippen LogP contribution < -0.4 is 5.32 Å². The van der Waals surface area contributed by atoms with Gasteiger partial charge in [-0.3, -0.25) is 10.1 Å². The maximum atomic E-state index is 15.3. The molecule has 2 amide bonds. The zero-order valence-electron chi connectivity index (χ0n) is 20.3. The molecule has 1 fully saturated rings. The fraction of sp³-hybridized carbons (Fsp3) is 0.231. The quantitative estimate of drug-likeness (QED) is 0.387. The van der Waals surface area contributed by atoms with Crippen LogP contribution in [0.1, 0.15) is 42.3 Å². The van der Waals surface area contributed by atoms with Gasteiger partial charge >= 0.3 is 6.09 Å². The Morgan fingerprint density at radius 3 is 2.90 bits per heavy atom. The molecule has 0 radical (unpaired) electrons. The predicted octanol–water partition coefficient (Wildman–Crippen LogP) is 4.43. The summed E-state index contributed by atoms with van der Waals surface area (Å²) in [6, 6.07) is 8.38. The van der Waals surface area contributed by atoms with Crippen LogP contribution in [0.5, 0.6) is 0 Å². The van der Waals surface area contributed by atoms with E-state index in [2.05, 4.69) is 30.8 Å². The summed E-state index contributed by atoms with van der Waals surface area (Å²) < 4.78 is 21.7. The molecule has 0 bridgehead atoms. The van der Waals surface area contributed by atoms with Crippen molar-refractivity contribution in [1.29, 1.82) is 0 Å². The third-order valence-corrected chi connectivity index (χ3v) is 7.71. The highest BCUT2D eigenvalue weighted by atomic mass is 35.5. The zero-order chi connectivity index (χ0) is 26.7. The van der Waals surface area contributed by atoms with Crippen molar-refractivity contribution in [3.63, 3.8) is 0 Å². The Morgan fingerprint density at radius 2 is 2.05 bits per heavy atom. The molecule has 3 aliphatic rings. The third kappa shape index (κ3) is 3.95. The number of aromatic amines is 1. The van der Waals surface area contributed by atoms with E-state index in [1.807, 2.05) is 23.1 Å². The molecule has 1 saturated heterocycles. The molecule has 2 N–H and O–H groups in total. The molecule has 1 unspecified atom stereocenters. The van der Waals surface area contributed by atoms with Gasteiger partial charge in [0.25, 0.3) is 0 Å². The van der Waals surface area contributed by atoms with Crippen molar-refractivity contribution < 1.29 is 18.7 Å². The summed E-state index contributed by atoms with van der Waals surface area (Å²) in [7, 11) is 0. The summed E-state index contributed by atoms with van der Waals surface area (Å²) in [4.78, 5) is 34.7. The van der Waals surface area contributed by atoms with E-state index in [-0.39, 0.29) is 35.2 Å². The number of cyclic esters (lactones) is 1. The predicted molar refractivity (Wildman–Crippen MR) is 137 cm³/mol. The highest BCUT2D eigenvalue weighted by Gasteiger charge is 2.42. The topological polar surface area (TPSA) is 131 Å². The van der Waals surface area contributed by atoms with E-state index < -0.39 is 11.9 Å². The van der Waals surface area contributed by atoms with Gasteiger partial charge in [-0.05, 0) is 59.5 Å². The second kappa shape index (κ2) is 9.02. The van der Waals surface area contributed by atoms with Gasteiger partial charge in [0, 0.05) is 28.8 Å². The van der Waals surface area contributed by atoms with Crippen molar-refractivity contribution in [2.24, 2.45) is 0 Å². The summed E-state index contributed by atoms with van der Waals surface area (Å²) in [5.41, 5.74) is 4.45. The molecule has 39 heavy (non-hydrogen) atoms. The molecule has 7 rings (SSSR count). The summed E-state index contributed by atoms with van der Waals surface area (Å²) in [6.07, 6.45) is 6.02. The summed E-state index contributed by atoms with van der Waals surface area (Å²) in [5, 5.41) is 13.8. The number of carbonyl (C=O) groups excluding carboxylic acids is 2. The van der Waals surface area contributed by atoms with E-state index in [1.165, 1.54) is 23.2 Å². The Kier molecular flexibility index (Phi) is 5.44. The fourth-order valence-corrected chi connectivity index (χ4v) is 5.81. The Balaban J connectivity index is 1.18. The number of anilines is 1. The van der Waals surface area contributed by atoms with Crippen molar-refractivity contribution >= 4 is 34.9 Å². The van der Waals surface area contributed by atoms with E-state index in [4.69, 9.17) is 16.3 Å². The Hall–Kier alpha value is -4.58. The van der Waals surface area contributed by atoms with Gasteiger partial charge in [-0.15, -0.1) is 5.10 Å². The molecule has 4 aromatic rings. The van der Waals surface area contributed by atoms with Crippen molar-refractivity contribution in [1.82, 2.24) is 35.1 Å². The average molecular weight is 547 g/mol. The van der Waals surface area contributed by atoms with Crippen LogP contribution >= 0.6 is 11.6 Å². The number of hydrogen-bond acceptors (Lipinski definition) is 7. The van der Waals surface area contributed by atoms with Crippen LogP contribution in [-0.2, 0) is 16.1 Å². The minimum Gasteiger partial charge on any atom is -0.444 e. The number of hydrogen-bond donors (Lipinski definition) is 2. The number of nitrogens with one attached hydrogen (secondary N) is 2. The largest absolute Gasteiger partial charge is 0.444 e. The second-order valence-electron chi connectivity index (χ2n) is 9.63. The number of tetrazole rings is 1. The smallest absolute Gasteiger partial charge is 0.411 e. The van der Waals surface area contributed by atoms with Crippen LogP contribution in [0, 0.1) is 5.82 Å². The van der Waals surface area contributed by atoms with Gasteiger partial charge in [0.2, 0.25) is 5.91 Å². The molecule has 3 aliphatic heterocycles. The Labute approximate surface area is 225 Å². The maximum absolute atomic E-state index is 15.3. The lowest BCUT2D eigenvalue weighted by Crippen LogP contribution is -2.39. The number of aromatic nitrogens is 6. The Bertz CT molecular complexity index is 1670. The van der Waals surface area contributed by atoms with E-state index in [9.17, 15) is 9.59 Å². The fourth-order valence-electron chi connectivity index (χ4n) is 5.65. The third-order valence-electron chi connectivity index (χ3n) is 7.42. The minimum absolute atomic E-state index is 0.0406. The normalized spacial score (nSPS) is 20.3. The van der Waals surface area contributed by atoms with Crippen LogP contribution in [0.15, 0.2) is 48.9 Å². The number of rotatable bonds is 4. The number of carbonyl (C=O) groups is 2. The number of fused-ring (bicyclic) bond motifs is 2. The van der Waals surface area contributed by atoms with Crippen LogP contribution in [-0.4, -0.2) is 53.1 Å². The lowest BCUT2D eigenvalue weighted by Gasteiger charge is -2.33. The first-order valence-corrected chi connectivity index (χ1v) is 12.7. The monoisotopic (exact) mass is 546 g/mol. The van der Waals surface area contributed by atoms with Gasteiger partial charge in [0.05, 0.1) is 34.3 Å². The summed E-state index contributed by atoms with van der Waals surface area (Å²) in [6.45, 7) is 0.194. The first kappa shape index (κ1) is 23.5. The average Bonchev–Trinajstić information content (AvgIpc) is 3.70. The first-order chi connectivity index (χ1) is 19.0. The number of ether oxygens (including phenoxy) is 1. The molecule has 2 atom stereocenters. The molecule has 2 aromatic carbocycles. The van der Waals surface area contributed by atoms with Crippen LogP contribution in [0.25, 0.3) is 22.5 Å². The standard InChI is InChI=1S/C26H20ClFN8O3/c27-17-3-6-20(35-12-30-33-34-35)23(24(17)28)14-8-16-2-5-21(36(16)22(37)9-14)25-29-10-19(31-25)13-1-4-18-15(7-13)11-39-26(38)32-18/h1,3-4,6-7,9-10,12,16,21H,2,5,8,11H2,(H,29,31)(H,32,38)/t16?,21-/m0/s1. The van der Waals surface area contributed by atoms with Gasteiger partial charge in [-0.25, -0.2) is 14.2 Å². The SMILES string of the molecule is O=C1Nc2ccc(-c3cnc([C@@H]4CCC5CC(c6c(-n7cnnn7)ccc(Cl)c6F)=CC(=O)N54)[nH]3)cc2CO1. The maximum Gasteiger partial charge on any atom is 0.411 e. The molecule has 0 saturated carbocycles. The number of halogens is 2. The number of benzene rings is 2. The number of H-pyrrole nitrogens is 1. The highest BCUT2D eigenvalue weighted by molar-refractivity contribution is 6.31. The Morgan fingerprint density at radius 1 is 1.15 bits per heavy atom. The van der Waals surface area contributed by atoms with Crippen LogP contribution in [0.3, 0.4) is 0 Å². The van der Waals surface area contributed by atoms with Gasteiger partial charge in [0.15, 0.2) is 5.82 Å². The lowest BCUT2D eigenvalue weighted by atomic mass is 9.92. The molecule has 0 spiro atoms. The highest BCUT2D eigenvalue weighted by Crippen LogP contribution is 2.44. The minimum atomic E-state index is -0.614. The second-order valence-corrected chi connectivity index (χ2v) is 10.0. The number of nitrogens with zero attached hydrogens (tertiary/aromatic N) is 6. The van der Waals surface area contributed by atoms with E-state index >= 15 is 4.39 Å². The molecule has 2 aromatic heterocycles. The van der Waals surface area contributed by atoms with Crippen molar-refractivity contribution in [2.45, 2.75) is 38.0 Å². The van der Waals surface area contributed by atoms with Gasteiger partial charge < -0.3 is 14.6 Å². The molecule has 196 valence electrons. The number of imidazole rings is 1. The van der Waals surface area contributed by atoms with Crippen LogP contribution in [0.2, 0.25) is 5.02 Å². The van der Waals surface area contributed by atoms with E-state index in [0.717, 1.165) is 23.2 Å². The molecular formula is C26H20ClFN8O3. The molecule has 5 heterocycles. The molecule has 11 nitrogen and oxygen atoms in total. The van der Waals surface area contributed by atoms with Crippen molar-refractivity contribution in [3.8, 4) is 16.9 Å². The molecule has 0 aliphatic carbocycles. The van der Waals surface area contributed by atoms with Crippen molar-refractivity contribution in [3.05, 3.63) is 76.7 Å². The number of amides is 2. The van der Waals surface area contributed by atoms with E-state index in [0.29, 0.717) is 35.6 Å². The van der Waals surface area contributed by atoms with Gasteiger partial charge in [-0.1, -0.05) is 17.7 Å². The molecule has 13 heteroatoms. The van der Waals surface area contributed by atoms with Gasteiger partial charge in [0.1, 0.15) is 18.8 Å². The zero-order valence-corrected chi connectivity index (χ0v) is 21.0. The van der Waals surface area contributed by atoms with E-state index in [1.54, 1.807) is 12.3 Å². The lowest BCUT2D eigenvalue weighted by molar-refractivity contribution is -0.129.